The van der Waals surface area contributed by atoms with Crippen molar-refractivity contribution in [1.82, 2.24) is 9.80 Å². The molecule has 1 amide bonds. The number of amides is 1. The number of benzene rings is 1. The van der Waals surface area contributed by atoms with Crippen LogP contribution in [0.15, 0.2) is 30.4 Å². The first-order valence-corrected chi connectivity index (χ1v) is 11.5. The zero-order valence-corrected chi connectivity index (χ0v) is 19.7. The predicted octanol–water partition coefficient (Wildman–Crippen LogP) is 4.11. The molecule has 0 aromatic heterocycles. The average Bonchev–Trinajstić information content (AvgIpc) is 3.23. The van der Waals surface area contributed by atoms with Gasteiger partial charge in [0.2, 0.25) is 5.91 Å². The molecular formula is C23H30Cl2N2O5. The first kappa shape index (κ1) is 26.2. The molecule has 2 aliphatic heterocycles. The summed E-state index contributed by atoms with van der Waals surface area (Å²) in [6, 6.07) is 6.15. The molecule has 7 nitrogen and oxygen atoms in total. The van der Waals surface area contributed by atoms with Gasteiger partial charge in [-0.05, 0) is 69.8 Å². The number of hydrogen-bond acceptors (Lipinski definition) is 4. The highest BCUT2D eigenvalue weighted by molar-refractivity contribution is 6.42. The van der Waals surface area contributed by atoms with Crippen molar-refractivity contribution in [3.05, 3.63) is 46.0 Å². The second kappa shape index (κ2) is 12.8. The van der Waals surface area contributed by atoms with Crippen molar-refractivity contribution in [2.24, 2.45) is 0 Å². The molecule has 1 aromatic rings. The highest BCUT2D eigenvalue weighted by Crippen LogP contribution is 2.27. The lowest BCUT2D eigenvalue weighted by Gasteiger charge is -2.42. The number of carboxylic acid groups (broad SMARTS) is 2. The topological polar surface area (TPSA) is 98.2 Å². The third-order valence-electron chi connectivity index (χ3n) is 5.69. The van der Waals surface area contributed by atoms with E-state index in [4.69, 9.17) is 33.4 Å². The van der Waals surface area contributed by atoms with Crippen LogP contribution >= 0.6 is 23.2 Å². The number of piperidine rings is 1. The van der Waals surface area contributed by atoms with Crippen LogP contribution in [-0.2, 0) is 20.8 Å². The minimum atomic E-state index is -1.26. The van der Waals surface area contributed by atoms with Gasteiger partial charge in [0.1, 0.15) is 0 Å². The zero-order chi connectivity index (χ0) is 23.7. The number of carbonyl (C=O) groups excluding carboxylic acids is 1. The van der Waals surface area contributed by atoms with E-state index < -0.39 is 11.9 Å². The molecule has 2 aliphatic rings. The molecule has 32 heavy (non-hydrogen) atoms. The summed E-state index contributed by atoms with van der Waals surface area (Å²) in [5.74, 6) is -2.30. The summed E-state index contributed by atoms with van der Waals surface area (Å²) in [7, 11) is 0. The summed E-state index contributed by atoms with van der Waals surface area (Å²) in [6.07, 6.45) is 7.54. The molecular weight excluding hydrogens is 455 g/mol. The van der Waals surface area contributed by atoms with Crippen molar-refractivity contribution in [2.75, 3.05) is 19.6 Å². The van der Waals surface area contributed by atoms with E-state index in [1.165, 1.54) is 32.4 Å². The molecule has 2 heterocycles. The number of aliphatic carboxylic acids is 2. The van der Waals surface area contributed by atoms with Crippen LogP contribution in [0.5, 0.6) is 0 Å². The Balaban J connectivity index is 0.000000390. The number of rotatable bonds is 6. The van der Waals surface area contributed by atoms with Crippen molar-refractivity contribution in [2.45, 2.75) is 57.5 Å². The van der Waals surface area contributed by atoms with Crippen LogP contribution < -0.4 is 0 Å². The van der Waals surface area contributed by atoms with Crippen molar-refractivity contribution in [3.63, 3.8) is 0 Å². The van der Waals surface area contributed by atoms with Crippen LogP contribution in [0.4, 0.5) is 0 Å². The lowest BCUT2D eigenvalue weighted by Crippen LogP contribution is -2.53. The molecule has 0 spiro atoms. The second-order valence-electron chi connectivity index (χ2n) is 8.18. The van der Waals surface area contributed by atoms with Crippen molar-refractivity contribution >= 4 is 41.0 Å². The van der Waals surface area contributed by atoms with Gasteiger partial charge in [-0.1, -0.05) is 29.3 Å². The van der Waals surface area contributed by atoms with Gasteiger partial charge in [0.05, 0.1) is 16.5 Å². The van der Waals surface area contributed by atoms with E-state index in [0.717, 1.165) is 24.9 Å². The molecule has 2 atom stereocenters. The Hall–Kier alpha value is -2.09. The van der Waals surface area contributed by atoms with Crippen LogP contribution in [0.1, 0.15) is 44.6 Å². The van der Waals surface area contributed by atoms with Crippen LogP contribution in [-0.4, -0.2) is 69.6 Å². The Morgan fingerprint density at radius 3 is 2.19 bits per heavy atom. The van der Waals surface area contributed by atoms with Gasteiger partial charge in [-0.15, -0.1) is 0 Å². The number of carbonyl (C=O) groups is 3. The van der Waals surface area contributed by atoms with E-state index in [1.54, 1.807) is 6.07 Å². The largest absolute Gasteiger partial charge is 0.478 e. The molecule has 1 aromatic carbocycles. The number of carboxylic acids is 2. The summed E-state index contributed by atoms with van der Waals surface area (Å²) in [6.45, 7) is 5.57. The first-order chi connectivity index (χ1) is 15.2. The minimum absolute atomic E-state index is 0.213. The minimum Gasteiger partial charge on any atom is -0.478 e. The predicted molar refractivity (Wildman–Crippen MR) is 124 cm³/mol. The number of hydrogen-bond donors (Lipinski definition) is 2. The van der Waals surface area contributed by atoms with Crippen LogP contribution in [0, 0.1) is 0 Å². The maximum absolute atomic E-state index is 13.0. The lowest BCUT2D eigenvalue weighted by atomic mass is 9.95. The maximum Gasteiger partial charge on any atom is 0.328 e. The van der Waals surface area contributed by atoms with Crippen LogP contribution in [0.25, 0.3) is 0 Å². The summed E-state index contributed by atoms with van der Waals surface area (Å²) >= 11 is 12.1. The molecule has 0 aliphatic carbocycles. The Morgan fingerprint density at radius 1 is 1.00 bits per heavy atom. The van der Waals surface area contributed by atoms with E-state index in [-0.39, 0.29) is 5.91 Å². The van der Waals surface area contributed by atoms with Gasteiger partial charge in [0, 0.05) is 30.8 Å². The molecule has 0 bridgehead atoms. The van der Waals surface area contributed by atoms with Gasteiger partial charge < -0.3 is 20.0 Å². The standard InChI is InChI=1S/C19H26Cl2N2O.C4H4O4/c1-14-5-4-6-16(13-22-9-2-3-10-22)23(14)19(24)12-15-7-8-17(20)18(21)11-15;5-3(6)1-2-4(7)8/h7-8,11,14,16H,2-6,9-10,12-13H2,1H3;1-2H,(H,5,6)(H,7,8)/b;2-1+/t14-,16-;/m1./s1. The Bertz CT molecular complexity index is 824. The van der Waals surface area contributed by atoms with Gasteiger partial charge in [0.25, 0.3) is 0 Å². The molecule has 0 unspecified atom stereocenters. The second-order valence-corrected chi connectivity index (χ2v) is 8.99. The van der Waals surface area contributed by atoms with Crippen molar-refractivity contribution in [3.8, 4) is 0 Å². The van der Waals surface area contributed by atoms with E-state index in [2.05, 4.69) is 16.7 Å². The van der Waals surface area contributed by atoms with Gasteiger partial charge in [-0.25, -0.2) is 9.59 Å². The van der Waals surface area contributed by atoms with Gasteiger partial charge in [-0.2, -0.15) is 0 Å². The third kappa shape index (κ3) is 8.45. The van der Waals surface area contributed by atoms with Gasteiger partial charge in [0.15, 0.2) is 0 Å². The van der Waals surface area contributed by atoms with Gasteiger partial charge in [-0.3, -0.25) is 4.79 Å². The molecule has 0 saturated carbocycles. The quantitative estimate of drug-likeness (QED) is 0.589. The molecule has 0 radical (unpaired) electrons. The number of halogens is 2. The highest BCUT2D eigenvalue weighted by Gasteiger charge is 2.33. The van der Waals surface area contributed by atoms with Crippen molar-refractivity contribution < 1.29 is 24.6 Å². The lowest BCUT2D eigenvalue weighted by molar-refractivity contribution is -0.137. The average molecular weight is 485 g/mol. The monoisotopic (exact) mass is 484 g/mol. The highest BCUT2D eigenvalue weighted by atomic mass is 35.5. The molecule has 2 fully saturated rings. The van der Waals surface area contributed by atoms with E-state index in [9.17, 15) is 14.4 Å². The summed E-state index contributed by atoms with van der Waals surface area (Å²) in [4.78, 5) is 36.8. The van der Waals surface area contributed by atoms with E-state index >= 15 is 0 Å². The molecule has 3 rings (SSSR count). The number of nitrogens with zero attached hydrogens (tertiary/aromatic N) is 2. The maximum atomic E-state index is 13.0. The fraction of sp³-hybridized carbons (Fsp3) is 0.522. The molecule has 2 saturated heterocycles. The smallest absolute Gasteiger partial charge is 0.328 e. The fourth-order valence-electron chi connectivity index (χ4n) is 4.24. The van der Waals surface area contributed by atoms with Crippen molar-refractivity contribution in [1.29, 1.82) is 0 Å². The third-order valence-corrected chi connectivity index (χ3v) is 6.43. The van der Waals surface area contributed by atoms with E-state index in [0.29, 0.717) is 40.7 Å². The summed E-state index contributed by atoms with van der Waals surface area (Å²) < 4.78 is 0. The normalized spacial score (nSPS) is 21.3. The molecule has 9 heteroatoms. The Kier molecular flexibility index (Phi) is 10.5. The SMILES string of the molecule is C[C@@H]1CCC[C@H](CN2CCCC2)N1C(=O)Cc1ccc(Cl)c(Cl)c1.O=C(O)/C=C/C(=O)O. The molecule has 176 valence electrons. The summed E-state index contributed by atoms with van der Waals surface area (Å²) in [5, 5.41) is 16.7. The summed E-state index contributed by atoms with van der Waals surface area (Å²) in [5.41, 5.74) is 0.937. The fourth-order valence-corrected chi connectivity index (χ4v) is 4.56. The van der Waals surface area contributed by atoms with Crippen LogP contribution in [0.3, 0.4) is 0 Å². The molecule has 2 N–H and O–H groups in total. The van der Waals surface area contributed by atoms with E-state index in [1.807, 2.05) is 12.1 Å². The first-order valence-electron chi connectivity index (χ1n) is 10.8. The Labute approximate surface area is 198 Å². The van der Waals surface area contributed by atoms with Crippen LogP contribution in [0.2, 0.25) is 10.0 Å². The Morgan fingerprint density at radius 2 is 1.62 bits per heavy atom. The number of likely N-dealkylation sites (tertiary alicyclic amines) is 2. The van der Waals surface area contributed by atoms with Gasteiger partial charge >= 0.3 is 11.9 Å². The zero-order valence-electron chi connectivity index (χ0n) is 18.2.